The van der Waals surface area contributed by atoms with Gasteiger partial charge in [0, 0.05) is 17.3 Å². The molecule has 0 spiro atoms. The number of carbonyl (C=O) groups excluding carboxylic acids is 2. The molecule has 104 valence electrons. The zero-order valence-electron chi connectivity index (χ0n) is 10.6. The van der Waals surface area contributed by atoms with Crippen LogP contribution in [0.15, 0.2) is 24.3 Å². The highest BCUT2D eigenvalue weighted by Gasteiger charge is 2.04. The van der Waals surface area contributed by atoms with Crippen LogP contribution in [0.4, 0.5) is 0 Å². The van der Waals surface area contributed by atoms with Crippen LogP contribution < -0.4 is 5.32 Å². The Balaban J connectivity index is 2.13. The molecule has 1 aromatic rings. The predicted octanol–water partition coefficient (Wildman–Crippen LogP) is 2.25. The predicted molar refractivity (Wildman–Crippen MR) is 77.3 cm³/mol. The Labute approximate surface area is 121 Å². The third kappa shape index (κ3) is 7.08. The van der Waals surface area contributed by atoms with Gasteiger partial charge < -0.3 is 10.1 Å². The summed E-state index contributed by atoms with van der Waals surface area (Å²) >= 11 is 7.30. The van der Waals surface area contributed by atoms with Gasteiger partial charge in [0.05, 0.1) is 19.3 Å². The van der Waals surface area contributed by atoms with E-state index in [1.165, 1.54) is 18.9 Å². The minimum Gasteiger partial charge on any atom is -0.469 e. The fourth-order valence-corrected chi connectivity index (χ4v) is 2.24. The summed E-state index contributed by atoms with van der Waals surface area (Å²) in [6.07, 6.45) is 0.199. The van der Waals surface area contributed by atoms with E-state index in [0.29, 0.717) is 17.3 Å². The molecule has 1 amide bonds. The lowest BCUT2D eigenvalue weighted by atomic mass is 10.2. The number of hydrogen-bond donors (Lipinski definition) is 1. The summed E-state index contributed by atoms with van der Waals surface area (Å²) in [7, 11) is 1.33. The number of carbonyl (C=O) groups is 2. The molecule has 0 unspecified atom stereocenters. The van der Waals surface area contributed by atoms with Crippen molar-refractivity contribution in [3.63, 3.8) is 0 Å². The summed E-state index contributed by atoms with van der Waals surface area (Å²) in [5, 5.41) is 3.36. The van der Waals surface area contributed by atoms with E-state index < -0.39 is 0 Å². The van der Waals surface area contributed by atoms with Crippen molar-refractivity contribution in [1.29, 1.82) is 0 Å². The molecule has 1 rings (SSSR count). The molecule has 0 atom stereocenters. The van der Waals surface area contributed by atoms with E-state index in [-0.39, 0.29) is 18.3 Å². The number of nitrogens with one attached hydrogen (secondary N) is 1. The molecule has 6 heteroatoms. The lowest BCUT2D eigenvalue weighted by Gasteiger charge is -2.04. The van der Waals surface area contributed by atoms with E-state index in [4.69, 9.17) is 11.6 Å². The molecule has 0 heterocycles. The van der Waals surface area contributed by atoms with Crippen molar-refractivity contribution in [1.82, 2.24) is 5.32 Å². The second-order valence-electron chi connectivity index (χ2n) is 3.80. The highest BCUT2D eigenvalue weighted by molar-refractivity contribution is 7.99. The number of esters is 1. The SMILES string of the molecule is COC(=O)CCNC(=O)CSCc1ccc(Cl)cc1. The van der Waals surface area contributed by atoms with Gasteiger partial charge >= 0.3 is 5.97 Å². The Kier molecular flexibility index (Phi) is 7.36. The second-order valence-corrected chi connectivity index (χ2v) is 5.22. The Bertz CT molecular complexity index is 422. The van der Waals surface area contributed by atoms with Crippen LogP contribution in [0, 0.1) is 0 Å². The summed E-state index contributed by atoms with van der Waals surface area (Å²) in [6, 6.07) is 7.52. The van der Waals surface area contributed by atoms with E-state index >= 15 is 0 Å². The van der Waals surface area contributed by atoms with Gasteiger partial charge in [-0.25, -0.2) is 0 Å². The molecular formula is C13H16ClNO3S. The lowest BCUT2D eigenvalue weighted by molar-refractivity contribution is -0.140. The van der Waals surface area contributed by atoms with Crippen molar-refractivity contribution in [2.75, 3.05) is 19.4 Å². The van der Waals surface area contributed by atoms with E-state index in [1.807, 2.05) is 24.3 Å². The van der Waals surface area contributed by atoms with Gasteiger partial charge in [0.15, 0.2) is 0 Å². The van der Waals surface area contributed by atoms with Crippen LogP contribution >= 0.6 is 23.4 Å². The van der Waals surface area contributed by atoms with E-state index in [0.717, 1.165) is 11.3 Å². The van der Waals surface area contributed by atoms with Gasteiger partial charge in [-0.05, 0) is 17.7 Å². The van der Waals surface area contributed by atoms with Gasteiger partial charge in [0.1, 0.15) is 0 Å². The zero-order valence-corrected chi connectivity index (χ0v) is 12.2. The third-order valence-electron chi connectivity index (χ3n) is 2.29. The topological polar surface area (TPSA) is 55.4 Å². The van der Waals surface area contributed by atoms with E-state index in [1.54, 1.807) is 0 Å². The Hall–Kier alpha value is -1.20. The number of thioether (sulfide) groups is 1. The van der Waals surface area contributed by atoms with Gasteiger partial charge in [-0.1, -0.05) is 23.7 Å². The monoisotopic (exact) mass is 301 g/mol. The van der Waals surface area contributed by atoms with E-state index in [2.05, 4.69) is 10.1 Å². The first-order valence-corrected chi connectivity index (χ1v) is 7.31. The molecule has 1 aromatic carbocycles. The Morgan fingerprint density at radius 2 is 2.00 bits per heavy atom. The second kappa shape index (κ2) is 8.82. The van der Waals surface area contributed by atoms with Crippen LogP contribution in [0.3, 0.4) is 0 Å². The third-order valence-corrected chi connectivity index (χ3v) is 3.55. The van der Waals surface area contributed by atoms with Gasteiger partial charge in [-0.3, -0.25) is 9.59 Å². The maximum atomic E-state index is 11.5. The van der Waals surface area contributed by atoms with Crippen molar-refractivity contribution in [3.05, 3.63) is 34.9 Å². The highest BCUT2D eigenvalue weighted by Crippen LogP contribution is 2.15. The van der Waals surface area contributed by atoms with Gasteiger partial charge in [0.25, 0.3) is 0 Å². The quantitative estimate of drug-likeness (QED) is 0.785. The smallest absolute Gasteiger partial charge is 0.307 e. The van der Waals surface area contributed by atoms with Gasteiger partial charge in [0.2, 0.25) is 5.91 Å². The number of hydrogen-bond acceptors (Lipinski definition) is 4. The molecule has 0 fully saturated rings. The van der Waals surface area contributed by atoms with Gasteiger partial charge in [-0.15, -0.1) is 11.8 Å². The van der Waals surface area contributed by atoms with Crippen molar-refractivity contribution in [2.45, 2.75) is 12.2 Å². The number of ether oxygens (including phenoxy) is 1. The van der Waals surface area contributed by atoms with Crippen LogP contribution in [0.1, 0.15) is 12.0 Å². The highest BCUT2D eigenvalue weighted by atomic mass is 35.5. The molecule has 1 N–H and O–H groups in total. The minimum atomic E-state index is -0.325. The summed E-state index contributed by atoms with van der Waals surface area (Å²) in [5.74, 6) is 0.711. The van der Waals surface area contributed by atoms with E-state index in [9.17, 15) is 9.59 Å². The lowest BCUT2D eigenvalue weighted by Crippen LogP contribution is -2.27. The minimum absolute atomic E-state index is 0.0807. The van der Waals surface area contributed by atoms with Crippen LogP contribution in [-0.4, -0.2) is 31.3 Å². The standard InChI is InChI=1S/C13H16ClNO3S/c1-18-13(17)6-7-15-12(16)9-19-8-10-2-4-11(14)5-3-10/h2-5H,6-9H2,1H3,(H,15,16). The molecule has 0 saturated heterocycles. The first kappa shape index (κ1) is 15.9. The molecule has 0 aliphatic rings. The van der Waals surface area contributed by atoms with Crippen LogP contribution in [0.25, 0.3) is 0 Å². The summed E-state index contributed by atoms with van der Waals surface area (Å²) in [5.41, 5.74) is 1.12. The summed E-state index contributed by atoms with van der Waals surface area (Å²) in [6.45, 7) is 0.313. The van der Waals surface area contributed by atoms with Crippen LogP contribution in [0.2, 0.25) is 5.02 Å². The molecule has 0 saturated carbocycles. The van der Waals surface area contributed by atoms with Crippen molar-refractivity contribution >= 4 is 35.2 Å². The Morgan fingerprint density at radius 3 is 2.63 bits per heavy atom. The fourth-order valence-electron chi connectivity index (χ4n) is 1.30. The number of methoxy groups -OCH3 is 1. The molecule has 19 heavy (non-hydrogen) atoms. The summed E-state index contributed by atoms with van der Waals surface area (Å²) < 4.78 is 4.47. The molecule has 0 radical (unpaired) electrons. The largest absolute Gasteiger partial charge is 0.469 e. The number of benzene rings is 1. The first-order valence-electron chi connectivity index (χ1n) is 5.77. The first-order chi connectivity index (χ1) is 9.11. The average Bonchev–Trinajstić information content (AvgIpc) is 2.41. The van der Waals surface area contributed by atoms with Crippen molar-refractivity contribution in [3.8, 4) is 0 Å². The van der Waals surface area contributed by atoms with Crippen molar-refractivity contribution < 1.29 is 14.3 Å². The average molecular weight is 302 g/mol. The van der Waals surface area contributed by atoms with Crippen molar-refractivity contribution in [2.24, 2.45) is 0 Å². The molecule has 0 bridgehead atoms. The molecule has 0 aliphatic carbocycles. The normalized spacial score (nSPS) is 10.0. The molecular weight excluding hydrogens is 286 g/mol. The maximum absolute atomic E-state index is 11.5. The zero-order chi connectivity index (χ0) is 14.1. The fraction of sp³-hybridized carbons (Fsp3) is 0.385. The Morgan fingerprint density at radius 1 is 1.32 bits per heavy atom. The van der Waals surface area contributed by atoms with Gasteiger partial charge in [-0.2, -0.15) is 0 Å². The van der Waals surface area contributed by atoms with Crippen LogP contribution in [0.5, 0.6) is 0 Å². The van der Waals surface area contributed by atoms with Crippen LogP contribution in [-0.2, 0) is 20.1 Å². The number of rotatable bonds is 7. The molecule has 0 aromatic heterocycles. The number of halogens is 1. The number of amides is 1. The maximum Gasteiger partial charge on any atom is 0.307 e. The molecule has 0 aliphatic heterocycles. The summed E-state index contributed by atoms with van der Waals surface area (Å²) in [4.78, 5) is 22.3. The molecule has 4 nitrogen and oxygen atoms in total.